The average Bonchev–Trinajstić information content (AvgIpc) is 2.01. The predicted molar refractivity (Wildman–Crippen MR) is 41.9 cm³/mol. The Bertz CT molecular complexity index is 275. The summed E-state index contributed by atoms with van der Waals surface area (Å²) in [5.41, 5.74) is 5.81. The van der Waals surface area contributed by atoms with E-state index in [2.05, 4.69) is 15.9 Å². The highest BCUT2D eigenvalue weighted by Gasteiger charge is 2.08. The standard InChI is InChI=1S/C7H6BrF2N/c8-6-4(3-11)1-2-5(9)7(6)10/h1-2H,3,11H2. The molecule has 0 saturated carbocycles. The molecule has 0 amide bonds. The van der Waals surface area contributed by atoms with E-state index in [9.17, 15) is 8.78 Å². The van der Waals surface area contributed by atoms with Crippen LogP contribution >= 0.6 is 15.9 Å². The van der Waals surface area contributed by atoms with Gasteiger partial charge in [-0.05, 0) is 27.6 Å². The van der Waals surface area contributed by atoms with Crippen molar-refractivity contribution in [2.75, 3.05) is 0 Å². The molecule has 1 rings (SSSR count). The van der Waals surface area contributed by atoms with Gasteiger partial charge in [-0.2, -0.15) is 0 Å². The lowest BCUT2D eigenvalue weighted by Crippen LogP contribution is -1.99. The maximum atomic E-state index is 12.7. The Labute approximate surface area is 71.3 Å². The molecule has 1 nitrogen and oxygen atoms in total. The van der Waals surface area contributed by atoms with Crippen LogP contribution in [0.15, 0.2) is 16.6 Å². The number of nitrogens with two attached hydrogens (primary N) is 1. The topological polar surface area (TPSA) is 26.0 Å². The van der Waals surface area contributed by atoms with Crippen LogP contribution in [-0.2, 0) is 6.54 Å². The quantitative estimate of drug-likeness (QED) is 0.724. The van der Waals surface area contributed by atoms with Crippen molar-refractivity contribution < 1.29 is 8.78 Å². The number of halogens is 3. The van der Waals surface area contributed by atoms with E-state index < -0.39 is 11.6 Å². The molecule has 4 heteroatoms. The van der Waals surface area contributed by atoms with Gasteiger partial charge in [0, 0.05) is 6.54 Å². The SMILES string of the molecule is NCc1ccc(F)c(F)c1Br. The molecular weight excluding hydrogens is 216 g/mol. The first-order valence-corrected chi connectivity index (χ1v) is 3.78. The molecule has 0 fully saturated rings. The zero-order valence-corrected chi connectivity index (χ0v) is 7.16. The Balaban J connectivity index is 3.25. The summed E-state index contributed by atoms with van der Waals surface area (Å²) in [4.78, 5) is 0. The van der Waals surface area contributed by atoms with E-state index in [-0.39, 0.29) is 11.0 Å². The Morgan fingerprint density at radius 3 is 2.55 bits per heavy atom. The second kappa shape index (κ2) is 3.28. The van der Waals surface area contributed by atoms with Crippen molar-refractivity contribution >= 4 is 15.9 Å². The molecule has 0 unspecified atom stereocenters. The van der Waals surface area contributed by atoms with Gasteiger partial charge in [0.2, 0.25) is 0 Å². The Kier molecular flexibility index (Phi) is 2.57. The number of benzene rings is 1. The minimum atomic E-state index is -0.882. The molecule has 1 aromatic carbocycles. The fraction of sp³-hybridized carbons (Fsp3) is 0.143. The van der Waals surface area contributed by atoms with Crippen molar-refractivity contribution in [1.82, 2.24) is 0 Å². The van der Waals surface area contributed by atoms with Gasteiger partial charge < -0.3 is 5.73 Å². The van der Waals surface area contributed by atoms with Crippen molar-refractivity contribution in [3.63, 3.8) is 0 Å². The molecule has 0 aliphatic heterocycles. The monoisotopic (exact) mass is 221 g/mol. The van der Waals surface area contributed by atoms with E-state index in [0.717, 1.165) is 6.07 Å². The highest BCUT2D eigenvalue weighted by atomic mass is 79.9. The van der Waals surface area contributed by atoms with E-state index in [1.807, 2.05) is 0 Å². The van der Waals surface area contributed by atoms with Crippen molar-refractivity contribution in [3.05, 3.63) is 33.8 Å². The molecule has 0 aliphatic rings. The van der Waals surface area contributed by atoms with Crippen LogP contribution in [0.2, 0.25) is 0 Å². The molecular formula is C7H6BrF2N. The van der Waals surface area contributed by atoms with E-state index in [4.69, 9.17) is 5.73 Å². The highest BCUT2D eigenvalue weighted by Crippen LogP contribution is 2.22. The first-order chi connectivity index (χ1) is 5.16. The van der Waals surface area contributed by atoms with Gasteiger partial charge in [0.15, 0.2) is 11.6 Å². The Morgan fingerprint density at radius 2 is 2.00 bits per heavy atom. The maximum Gasteiger partial charge on any atom is 0.173 e. The van der Waals surface area contributed by atoms with Crippen LogP contribution in [0.1, 0.15) is 5.56 Å². The largest absolute Gasteiger partial charge is 0.326 e. The molecule has 0 radical (unpaired) electrons. The second-order valence-electron chi connectivity index (χ2n) is 2.04. The lowest BCUT2D eigenvalue weighted by atomic mass is 10.2. The summed E-state index contributed by atoms with van der Waals surface area (Å²) >= 11 is 2.90. The molecule has 2 N–H and O–H groups in total. The summed E-state index contributed by atoms with van der Waals surface area (Å²) in [6.07, 6.45) is 0. The second-order valence-corrected chi connectivity index (χ2v) is 2.83. The maximum absolute atomic E-state index is 12.7. The van der Waals surface area contributed by atoms with Crippen molar-refractivity contribution in [2.45, 2.75) is 6.54 Å². The first-order valence-electron chi connectivity index (χ1n) is 2.99. The Hall–Kier alpha value is -0.480. The molecule has 0 saturated heterocycles. The van der Waals surface area contributed by atoms with Gasteiger partial charge in [0.1, 0.15) is 0 Å². The van der Waals surface area contributed by atoms with E-state index in [1.165, 1.54) is 6.07 Å². The zero-order chi connectivity index (χ0) is 8.43. The van der Waals surface area contributed by atoms with Crippen LogP contribution < -0.4 is 5.73 Å². The van der Waals surface area contributed by atoms with Gasteiger partial charge in [-0.1, -0.05) is 6.07 Å². The van der Waals surface area contributed by atoms with Crippen molar-refractivity contribution in [2.24, 2.45) is 5.73 Å². The molecule has 11 heavy (non-hydrogen) atoms. The molecule has 0 atom stereocenters. The summed E-state index contributed by atoms with van der Waals surface area (Å²) < 4.78 is 25.3. The van der Waals surface area contributed by atoms with E-state index in [0.29, 0.717) is 5.56 Å². The van der Waals surface area contributed by atoms with Crippen molar-refractivity contribution in [1.29, 1.82) is 0 Å². The smallest absolute Gasteiger partial charge is 0.173 e. The highest BCUT2D eigenvalue weighted by molar-refractivity contribution is 9.10. The number of rotatable bonds is 1. The third kappa shape index (κ3) is 1.57. The van der Waals surface area contributed by atoms with Gasteiger partial charge >= 0.3 is 0 Å². The summed E-state index contributed by atoms with van der Waals surface area (Å²) in [6, 6.07) is 2.50. The van der Waals surface area contributed by atoms with Crippen LogP contribution in [0, 0.1) is 11.6 Å². The third-order valence-corrected chi connectivity index (χ3v) is 2.19. The van der Waals surface area contributed by atoms with Crippen LogP contribution in [0.3, 0.4) is 0 Å². The fourth-order valence-corrected chi connectivity index (χ4v) is 1.21. The minimum Gasteiger partial charge on any atom is -0.326 e. The molecule has 60 valence electrons. The van der Waals surface area contributed by atoms with Gasteiger partial charge in [0.05, 0.1) is 4.47 Å². The van der Waals surface area contributed by atoms with Crippen molar-refractivity contribution in [3.8, 4) is 0 Å². The molecule has 0 spiro atoms. The third-order valence-electron chi connectivity index (χ3n) is 1.34. The summed E-state index contributed by atoms with van der Waals surface area (Å²) in [6.45, 7) is 0.192. The molecule has 1 aromatic rings. The molecule has 0 aliphatic carbocycles. The van der Waals surface area contributed by atoms with Crippen LogP contribution in [-0.4, -0.2) is 0 Å². The first kappa shape index (κ1) is 8.62. The lowest BCUT2D eigenvalue weighted by molar-refractivity contribution is 0.502. The predicted octanol–water partition coefficient (Wildman–Crippen LogP) is 2.19. The van der Waals surface area contributed by atoms with Crippen LogP contribution in [0.5, 0.6) is 0 Å². The summed E-state index contributed by atoms with van der Waals surface area (Å²) in [5, 5.41) is 0. The molecule has 0 heterocycles. The average molecular weight is 222 g/mol. The minimum absolute atomic E-state index is 0.111. The molecule has 0 aromatic heterocycles. The molecule has 0 bridgehead atoms. The summed E-state index contributed by atoms with van der Waals surface area (Å²) in [7, 11) is 0. The van der Waals surface area contributed by atoms with Crippen LogP contribution in [0.25, 0.3) is 0 Å². The van der Waals surface area contributed by atoms with Gasteiger partial charge in [-0.25, -0.2) is 8.78 Å². The number of hydrogen-bond acceptors (Lipinski definition) is 1. The lowest BCUT2D eigenvalue weighted by Gasteiger charge is -2.01. The van der Waals surface area contributed by atoms with Crippen LogP contribution in [0.4, 0.5) is 8.78 Å². The number of hydrogen-bond donors (Lipinski definition) is 1. The van der Waals surface area contributed by atoms with E-state index >= 15 is 0 Å². The summed E-state index contributed by atoms with van der Waals surface area (Å²) in [5.74, 6) is -1.75. The van der Waals surface area contributed by atoms with Gasteiger partial charge in [0.25, 0.3) is 0 Å². The van der Waals surface area contributed by atoms with E-state index in [1.54, 1.807) is 0 Å². The fourth-order valence-electron chi connectivity index (χ4n) is 0.724. The van der Waals surface area contributed by atoms with Gasteiger partial charge in [-0.15, -0.1) is 0 Å². The zero-order valence-electron chi connectivity index (χ0n) is 5.57. The normalized spacial score (nSPS) is 10.2. The Morgan fingerprint density at radius 1 is 1.36 bits per heavy atom. The van der Waals surface area contributed by atoms with Gasteiger partial charge in [-0.3, -0.25) is 0 Å².